The van der Waals surface area contributed by atoms with Crippen molar-refractivity contribution in [1.29, 1.82) is 0 Å². The van der Waals surface area contributed by atoms with Gasteiger partial charge in [-0.05, 0) is 55.5 Å². The second kappa shape index (κ2) is 6.01. The molecular weight excluding hydrogens is 342 g/mol. The number of nitrogens with one attached hydrogen (secondary N) is 1. The lowest BCUT2D eigenvalue weighted by atomic mass is 9.89. The van der Waals surface area contributed by atoms with Crippen LogP contribution >= 0.6 is 0 Å². The number of rotatable bonds is 2. The predicted molar refractivity (Wildman–Crippen MR) is 103 cm³/mol. The van der Waals surface area contributed by atoms with Crippen molar-refractivity contribution >= 4 is 22.7 Å². The molecule has 3 aromatic rings. The molecule has 0 aliphatic carbocycles. The molecule has 6 heteroatoms. The number of ether oxygens (including phenoxy) is 1. The number of hydrogen-bond acceptors (Lipinski definition) is 5. The first-order valence-electron chi connectivity index (χ1n) is 9.37. The fourth-order valence-electron chi connectivity index (χ4n) is 4.41. The Hall–Kier alpha value is -3.02. The number of nitrogens with zero attached hydrogens (tertiary/aromatic N) is 2. The Kier molecular flexibility index (Phi) is 3.60. The molecule has 2 aliphatic rings. The van der Waals surface area contributed by atoms with E-state index in [1.54, 1.807) is 18.2 Å². The van der Waals surface area contributed by atoms with Crippen LogP contribution in [-0.2, 0) is 17.6 Å². The van der Waals surface area contributed by atoms with Crippen molar-refractivity contribution in [1.82, 2.24) is 9.97 Å². The minimum absolute atomic E-state index is 0.326. The van der Waals surface area contributed by atoms with Crippen molar-refractivity contribution < 1.29 is 14.6 Å². The number of imidazole rings is 1. The summed E-state index contributed by atoms with van der Waals surface area (Å²) >= 11 is 0. The molecule has 0 unspecified atom stereocenters. The van der Waals surface area contributed by atoms with Crippen LogP contribution in [0.5, 0.6) is 5.75 Å². The van der Waals surface area contributed by atoms with Crippen molar-refractivity contribution in [2.75, 3.05) is 25.1 Å². The average molecular weight is 363 g/mol. The van der Waals surface area contributed by atoms with Crippen LogP contribution in [0.2, 0.25) is 0 Å². The molecule has 2 N–H and O–H groups in total. The zero-order chi connectivity index (χ0) is 18.5. The minimum Gasteiger partial charge on any atom is -0.507 e. The van der Waals surface area contributed by atoms with E-state index < -0.39 is 0 Å². The van der Waals surface area contributed by atoms with Gasteiger partial charge in [-0.2, -0.15) is 0 Å². The van der Waals surface area contributed by atoms with Gasteiger partial charge in [0.1, 0.15) is 11.6 Å². The second-order valence-electron chi connectivity index (χ2n) is 7.26. The first-order chi connectivity index (χ1) is 13.2. The van der Waals surface area contributed by atoms with E-state index in [0.717, 1.165) is 60.9 Å². The molecule has 0 fully saturated rings. The quantitative estimate of drug-likeness (QED) is 0.682. The van der Waals surface area contributed by atoms with Crippen LogP contribution in [0.3, 0.4) is 0 Å². The Bertz CT molecular complexity index is 1070. The average Bonchev–Trinajstić information content (AvgIpc) is 3.13. The normalized spacial score (nSPS) is 15.7. The Morgan fingerprint density at radius 1 is 1.22 bits per heavy atom. The molecule has 0 spiro atoms. The maximum Gasteiger partial charge on any atom is 0.337 e. The van der Waals surface area contributed by atoms with Crippen molar-refractivity contribution in [2.45, 2.75) is 25.7 Å². The largest absolute Gasteiger partial charge is 0.507 e. The molecule has 6 nitrogen and oxygen atoms in total. The number of aromatic nitrogens is 2. The maximum absolute atomic E-state index is 11.8. The van der Waals surface area contributed by atoms with Crippen LogP contribution in [0.4, 0.5) is 5.69 Å². The van der Waals surface area contributed by atoms with Gasteiger partial charge in [0.2, 0.25) is 0 Å². The van der Waals surface area contributed by atoms with Gasteiger partial charge in [-0.25, -0.2) is 9.78 Å². The van der Waals surface area contributed by atoms with Gasteiger partial charge in [-0.3, -0.25) is 0 Å². The summed E-state index contributed by atoms with van der Waals surface area (Å²) in [6.45, 7) is 2.14. The number of phenols is 1. The number of aromatic amines is 1. The molecule has 0 saturated heterocycles. The Balaban J connectivity index is 1.65. The number of phenolic OH excluding ortho intramolecular Hbond substituents is 1. The molecular formula is C21H21N3O3. The van der Waals surface area contributed by atoms with Crippen molar-refractivity contribution in [2.24, 2.45) is 0 Å². The third-order valence-electron chi connectivity index (χ3n) is 5.65. The molecule has 1 aromatic heterocycles. The molecule has 0 radical (unpaired) electrons. The van der Waals surface area contributed by atoms with Crippen LogP contribution in [0, 0.1) is 0 Å². The van der Waals surface area contributed by atoms with Gasteiger partial charge in [0.05, 0.1) is 29.3 Å². The summed E-state index contributed by atoms with van der Waals surface area (Å²) in [4.78, 5) is 22.1. The fourth-order valence-corrected chi connectivity index (χ4v) is 4.41. The number of H-pyrrole nitrogens is 1. The van der Waals surface area contributed by atoms with Crippen molar-refractivity contribution in [3.05, 3.63) is 41.0 Å². The molecule has 0 atom stereocenters. The van der Waals surface area contributed by atoms with Crippen LogP contribution < -0.4 is 4.90 Å². The SMILES string of the molecule is COC(=O)c1ccc2nc(-c3cc4c5c(c3O)CCCN5CCC4)[nH]c2c1. The number of carbonyl (C=O) groups is 1. The van der Waals surface area contributed by atoms with Gasteiger partial charge >= 0.3 is 5.97 Å². The van der Waals surface area contributed by atoms with E-state index in [9.17, 15) is 9.90 Å². The molecule has 2 aromatic carbocycles. The monoisotopic (exact) mass is 363 g/mol. The summed E-state index contributed by atoms with van der Waals surface area (Å²) in [5.41, 5.74) is 6.29. The molecule has 0 amide bonds. The second-order valence-corrected chi connectivity index (χ2v) is 7.26. The summed E-state index contributed by atoms with van der Waals surface area (Å²) in [6.07, 6.45) is 4.12. The fraction of sp³-hybridized carbons (Fsp3) is 0.333. The lowest BCUT2D eigenvalue weighted by Gasteiger charge is -2.37. The number of benzene rings is 2. The number of anilines is 1. The maximum atomic E-state index is 11.8. The molecule has 5 rings (SSSR count). The third kappa shape index (κ3) is 2.47. The van der Waals surface area contributed by atoms with Crippen molar-refractivity contribution in [3.63, 3.8) is 0 Å². The van der Waals surface area contributed by atoms with E-state index in [-0.39, 0.29) is 5.97 Å². The van der Waals surface area contributed by atoms with E-state index in [2.05, 4.69) is 20.9 Å². The first kappa shape index (κ1) is 16.2. The zero-order valence-electron chi connectivity index (χ0n) is 15.2. The highest BCUT2D eigenvalue weighted by Gasteiger charge is 2.28. The number of carbonyl (C=O) groups excluding carboxylic acids is 1. The molecule has 3 heterocycles. The van der Waals surface area contributed by atoms with Crippen LogP contribution in [0.25, 0.3) is 22.4 Å². The van der Waals surface area contributed by atoms with Gasteiger partial charge in [0.15, 0.2) is 0 Å². The Morgan fingerprint density at radius 3 is 2.85 bits per heavy atom. The summed E-state index contributed by atoms with van der Waals surface area (Å²) < 4.78 is 4.79. The first-order valence-corrected chi connectivity index (χ1v) is 9.37. The van der Waals surface area contributed by atoms with Gasteiger partial charge in [0, 0.05) is 24.3 Å². The molecule has 2 aliphatic heterocycles. The van der Waals surface area contributed by atoms with Crippen molar-refractivity contribution in [3.8, 4) is 17.1 Å². The third-order valence-corrected chi connectivity index (χ3v) is 5.65. The number of methoxy groups -OCH3 is 1. The predicted octanol–water partition coefficient (Wildman–Crippen LogP) is 3.42. The minimum atomic E-state index is -0.380. The van der Waals surface area contributed by atoms with Gasteiger partial charge in [0.25, 0.3) is 0 Å². The Labute approximate surface area is 156 Å². The molecule has 0 bridgehead atoms. The summed E-state index contributed by atoms with van der Waals surface area (Å²) in [5.74, 6) is 0.577. The molecule has 138 valence electrons. The highest BCUT2D eigenvalue weighted by Crippen LogP contribution is 2.44. The van der Waals surface area contributed by atoms with Gasteiger partial charge in [-0.1, -0.05) is 0 Å². The lowest BCUT2D eigenvalue weighted by Crippen LogP contribution is -2.34. The molecule has 0 saturated carbocycles. The topological polar surface area (TPSA) is 78.5 Å². The number of aryl methyl sites for hydroxylation is 1. The summed E-state index contributed by atoms with van der Waals surface area (Å²) in [7, 11) is 1.37. The van der Waals surface area contributed by atoms with E-state index in [1.807, 2.05) is 0 Å². The standard InChI is InChI=1S/C21H21N3O3/c1-27-21(26)13-6-7-16-17(11-13)23-20(22-16)15-10-12-4-2-8-24-9-3-5-14(18(12)24)19(15)25/h6-7,10-11,25H,2-5,8-9H2,1H3,(H,22,23). The number of fused-ring (bicyclic) bond motifs is 1. The van der Waals surface area contributed by atoms with Crippen LogP contribution in [0.15, 0.2) is 24.3 Å². The zero-order valence-corrected chi connectivity index (χ0v) is 15.2. The van der Waals surface area contributed by atoms with Crippen LogP contribution in [-0.4, -0.2) is 41.2 Å². The van der Waals surface area contributed by atoms with E-state index in [0.29, 0.717) is 17.1 Å². The highest BCUT2D eigenvalue weighted by atomic mass is 16.5. The van der Waals surface area contributed by atoms with E-state index in [1.165, 1.54) is 18.4 Å². The number of hydrogen-bond donors (Lipinski definition) is 2. The lowest BCUT2D eigenvalue weighted by molar-refractivity contribution is 0.0601. The number of aromatic hydroxyl groups is 1. The van der Waals surface area contributed by atoms with E-state index >= 15 is 0 Å². The summed E-state index contributed by atoms with van der Waals surface area (Å²) in [5, 5.41) is 11.0. The van der Waals surface area contributed by atoms with Gasteiger partial charge < -0.3 is 19.7 Å². The Morgan fingerprint density at radius 2 is 2.04 bits per heavy atom. The number of esters is 1. The smallest absolute Gasteiger partial charge is 0.337 e. The van der Waals surface area contributed by atoms with E-state index in [4.69, 9.17) is 4.74 Å². The van der Waals surface area contributed by atoms with Gasteiger partial charge in [-0.15, -0.1) is 0 Å². The van der Waals surface area contributed by atoms with Crippen LogP contribution in [0.1, 0.15) is 34.3 Å². The molecule has 27 heavy (non-hydrogen) atoms. The highest BCUT2D eigenvalue weighted by molar-refractivity contribution is 5.94. The summed E-state index contributed by atoms with van der Waals surface area (Å²) in [6, 6.07) is 7.30.